The van der Waals surface area contributed by atoms with Gasteiger partial charge in [0.2, 0.25) is 0 Å². The van der Waals surface area contributed by atoms with Gasteiger partial charge in [-0.05, 0) is 122 Å². The Morgan fingerprint density at radius 3 is 2.21 bits per heavy atom. The van der Waals surface area contributed by atoms with E-state index >= 15 is 0 Å². The van der Waals surface area contributed by atoms with Crippen molar-refractivity contribution >= 4 is 0 Å². The summed E-state index contributed by atoms with van der Waals surface area (Å²) in [6, 6.07) is 0. The lowest BCUT2D eigenvalue weighted by Crippen LogP contribution is -2.45. The molecule has 0 saturated carbocycles. The third-order valence-corrected chi connectivity index (χ3v) is 9.43. The van der Waals surface area contributed by atoms with Gasteiger partial charge in [-0.15, -0.1) is 0 Å². The fourth-order valence-electron chi connectivity index (χ4n) is 6.52. The molecule has 4 aliphatic rings. The van der Waals surface area contributed by atoms with Crippen molar-refractivity contribution in [1.82, 2.24) is 0 Å². The average molecular weight is 593 g/mol. The molecular formula is C35H60O7. The maximum atomic E-state index is 6.75. The summed E-state index contributed by atoms with van der Waals surface area (Å²) in [5, 5.41) is 0. The van der Waals surface area contributed by atoms with Gasteiger partial charge in [-0.25, -0.2) is 0 Å². The molecule has 7 heteroatoms. The highest BCUT2D eigenvalue weighted by Gasteiger charge is 2.40. The quantitative estimate of drug-likeness (QED) is 0.189. The number of allylic oxidation sites excluding steroid dienone is 1. The maximum Gasteiger partial charge on any atom is 0.158 e. The molecule has 42 heavy (non-hydrogen) atoms. The Bertz CT molecular complexity index is 806. The molecule has 0 spiro atoms. The second kappa shape index (κ2) is 18.2. The van der Waals surface area contributed by atoms with Gasteiger partial charge in [0.05, 0.1) is 31.0 Å². The maximum absolute atomic E-state index is 6.75. The van der Waals surface area contributed by atoms with E-state index in [0.29, 0.717) is 19.1 Å². The van der Waals surface area contributed by atoms with Crippen molar-refractivity contribution in [3.63, 3.8) is 0 Å². The lowest BCUT2D eigenvalue weighted by molar-refractivity contribution is -0.232. The zero-order chi connectivity index (χ0) is 29.6. The van der Waals surface area contributed by atoms with Gasteiger partial charge in [0, 0.05) is 19.8 Å². The van der Waals surface area contributed by atoms with Gasteiger partial charge in [0.1, 0.15) is 0 Å². The molecule has 4 aliphatic heterocycles. The Hall–Kier alpha value is -0.800. The highest BCUT2D eigenvalue weighted by Crippen LogP contribution is 2.36. The van der Waals surface area contributed by atoms with Crippen LogP contribution in [0.3, 0.4) is 0 Å². The molecule has 0 bridgehead atoms. The summed E-state index contributed by atoms with van der Waals surface area (Å²) in [4.78, 5) is 0. The first-order valence-electron chi connectivity index (χ1n) is 17.1. The average Bonchev–Trinajstić information content (AvgIpc) is 3.15. The second-order valence-electron chi connectivity index (χ2n) is 13.4. The van der Waals surface area contributed by atoms with Crippen LogP contribution in [0.4, 0.5) is 0 Å². The normalized spacial score (nSPS) is 33.6. The van der Waals surface area contributed by atoms with Gasteiger partial charge < -0.3 is 33.2 Å². The highest BCUT2D eigenvalue weighted by molar-refractivity contribution is 5.07. The molecule has 0 radical (unpaired) electrons. The summed E-state index contributed by atoms with van der Waals surface area (Å²) in [6.07, 6.45) is 20.2. The van der Waals surface area contributed by atoms with Crippen LogP contribution in [0.1, 0.15) is 124 Å². The number of ether oxygens (including phenoxy) is 7. The molecule has 7 atom stereocenters. The Labute approximate surface area is 256 Å². The second-order valence-corrected chi connectivity index (χ2v) is 13.4. The molecule has 0 amide bonds. The SMILES string of the molecule is CC(C)=CCC(OC1CCCCO1)C(C)CCC[C@]1(C)OCC(=CCOC2CCCCO2)CC[C@H]1OC1CCCCO1. The smallest absolute Gasteiger partial charge is 0.158 e. The highest BCUT2D eigenvalue weighted by atomic mass is 16.7. The van der Waals surface area contributed by atoms with Gasteiger partial charge in [-0.3, -0.25) is 0 Å². The van der Waals surface area contributed by atoms with Crippen molar-refractivity contribution in [2.75, 3.05) is 33.0 Å². The van der Waals surface area contributed by atoms with E-state index in [1.807, 2.05) is 0 Å². The minimum atomic E-state index is -0.369. The van der Waals surface area contributed by atoms with Crippen LogP contribution >= 0.6 is 0 Å². The minimum Gasteiger partial charge on any atom is -0.368 e. The van der Waals surface area contributed by atoms with Crippen molar-refractivity contribution < 1.29 is 33.2 Å². The molecule has 242 valence electrons. The first kappa shape index (κ1) is 34.1. The van der Waals surface area contributed by atoms with Crippen LogP contribution in [0.25, 0.3) is 0 Å². The molecule has 0 aromatic carbocycles. The molecule has 4 saturated heterocycles. The van der Waals surface area contributed by atoms with Gasteiger partial charge in [-0.2, -0.15) is 0 Å². The molecule has 4 heterocycles. The summed E-state index contributed by atoms with van der Waals surface area (Å²) in [6.45, 7) is 12.5. The molecule has 4 fully saturated rings. The topological polar surface area (TPSA) is 64.6 Å². The van der Waals surface area contributed by atoms with Crippen LogP contribution in [0.15, 0.2) is 23.3 Å². The predicted molar refractivity (Wildman–Crippen MR) is 165 cm³/mol. The number of hydrogen-bond acceptors (Lipinski definition) is 7. The summed E-state index contributed by atoms with van der Waals surface area (Å²) in [7, 11) is 0. The molecule has 7 nitrogen and oxygen atoms in total. The monoisotopic (exact) mass is 592 g/mol. The van der Waals surface area contributed by atoms with E-state index in [4.69, 9.17) is 33.2 Å². The number of rotatable bonds is 14. The lowest BCUT2D eigenvalue weighted by atomic mass is 9.86. The molecule has 5 unspecified atom stereocenters. The fourth-order valence-corrected chi connectivity index (χ4v) is 6.52. The van der Waals surface area contributed by atoms with Crippen molar-refractivity contribution in [3.05, 3.63) is 23.3 Å². The van der Waals surface area contributed by atoms with Gasteiger partial charge in [0.25, 0.3) is 0 Å². The third kappa shape index (κ3) is 11.6. The standard InChI is InChI=1S/C35H60O7/c1-27(2)16-18-30(41-33-14-6-9-23-37-33)28(3)12-11-21-35(4)31(42-34-15-7-10-24-38-34)19-17-29(26-40-35)20-25-39-32-13-5-8-22-36-32/h16,20,28,30-34H,5-15,17-19,21-26H2,1-4H3/t28?,30?,31-,32?,33?,34?,35+/m1/s1. The first-order valence-corrected chi connectivity index (χ1v) is 17.1. The molecule has 0 aromatic heterocycles. The third-order valence-electron chi connectivity index (χ3n) is 9.43. The van der Waals surface area contributed by atoms with E-state index in [2.05, 4.69) is 39.8 Å². The van der Waals surface area contributed by atoms with Crippen molar-refractivity contribution in [2.24, 2.45) is 5.92 Å². The van der Waals surface area contributed by atoms with E-state index in [0.717, 1.165) is 103 Å². The Kier molecular flexibility index (Phi) is 14.8. The Balaban J connectivity index is 1.34. The molecule has 0 aliphatic carbocycles. The van der Waals surface area contributed by atoms with E-state index in [1.165, 1.54) is 24.0 Å². The van der Waals surface area contributed by atoms with Crippen LogP contribution in [0, 0.1) is 5.92 Å². The summed E-state index contributed by atoms with van der Waals surface area (Å²) < 4.78 is 43.6. The van der Waals surface area contributed by atoms with Crippen LogP contribution < -0.4 is 0 Å². The Morgan fingerprint density at radius 2 is 1.57 bits per heavy atom. The number of hydrogen-bond donors (Lipinski definition) is 0. The largest absolute Gasteiger partial charge is 0.368 e. The molecule has 0 N–H and O–H groups in total. The first-order chi connectivity index (χ1) is 20.4. The zero-order valence-corrected chi connectivity index (χ0v) is 27.1. The summed E-state index contributed by atoms with van der Waals surface area (Å²) >= 11 is 0. The summed E-state index contributed by atoms with van der Waals surface area (Å²) in [5.41, 5.74) is 2.26. The van der Waals surface area contributed by atoms with Crippen LogP contribution in [-0.4, -0.2) is 69.7 Å². The van der Waals surface area contributed by atoms with Gasteiger partial charge >= 0.3 is 0 Å². The van der Waals surface area contributed by atoms with Crippen molar-refractivity contribution in [3.8, 4) is 0 Å². The van der Waals surface area contributed by atoms with E-state index in [9.17, 15) is 0 Å². The van der Waals surface area contributed by atoms with Gasteiger partial charge in [-0.1, -0.05) is 31.1 Å². The van der Waals surface area contributed by atoms with Gasteiger partial charge in [0.15, 0.2) is 18.9 Å². The van der Waals surface area contributed by atoms with Crippen molar-refractivity contribution in [1.29, 1.82) is 0 Å². The van der Waals surface area contributed by atoms with Crippen LogP contribution in [-0.2, 0) is 33.2 Å². The molecule has 0 aromatic rings. The van der Waals surface area contributed by atoms with E-state index in [-0.39, 0.29) is 36.7 Å². The Morgan fingerprint density at radius 1 is 0.905 bits per heavy atom. The van der Waals surface area contributed by atoms with E-state index < -0.39 is 0 Å². The minimum absolute atomic E-state index is 0.00207. The van der Waals surface area contributed by atoms with Crippen LogP contribution in [0.2, 0.25) is 0 Å². The van der Waals surface area contributed by atoms with Crippen LogP contribution in [0.5, 0.6) is 0 Å². The molecular weight excluding hydrogens is 532 g/mol. The fraction of sp³-hybridized carbons (Fsp3) is 0.886. The molecule has 4 rings (SSSR count). The zero-order valence-electron chi connectivity index (χ0n) is 27.1. The summed E-state index contributed by atoms with van der Waals surface area (Å²) in [5.74, 6) is 0.427. The van der Waals surface area contributed by atoms with E-state index in [1.54, 1.807) is 0 Å². The lowest BCUT2D eigenvalue weighted by Gasteiger charge is -2.39. The van der Waals surface area contributed by atoms with Crippen molar-refractivity contribution in [2.45, 2.75) is 161 Å². The predicted octanol–water partition coefficient (Wildman–Crippen LogP) is 8.01.